The van der Waals surface area contributed by atoms with Crippen LogP contribution < -0.4 is 5.32 Å². The Kier molecular flexibility index (Phi) is 3.36. The van der Waals surface area contributed by atoms with Gasteiger partial charge in [-0.05, 0) is 25.8 Å². The van der Waals surface area contributed by atoms with E-state index < -0.39 is 5.54 Å². The number of rotatable bonds is 3. The molecule has 0 bridgehead atoms. The third kappa shape index (κ3) is 2.70. The fourth-order valence-electron chi connectivity index (χ4n) is 2.17. The van der Waals surface area contributed by atoms with Crippen molar-refractivity contribution in [2.45, 2.75) is 25.8 Å². The summed E-state index contributed by atoms with van der Waals surface area (Å²) in [5.74, 6) is -0.106. The normalized spacial score (nSPS) is 18.7. The van der Waals surface area contributed by atoms with Crippen molar-refractivity contribution in [3.05, 3.63) is 35.9 Å². The molecule has 2 rings (SSSR count). The lowest BCUT2D eigenvalue weighted by Crippen LogP contribution is -2.64. The molecular formula is C14H18N2O2. The van der Waals surface area contributed by atoms with Gasteiger partial charge in [0.2, 0.25) is 11.8 Å². The van der Waals surface area contributed by atoms with E-state index in [0.717, 1.165) is 6.42 Å². The van der Waals surface area contributed by atoms with Gasteiger partial charge >= 0.3 is 0 Å². The molecular weight excluding hydrogens is 228 g/mol. The molecule has 1 aromatic carbocycles. The van der Waals surface area contributed by atoms with Crippen LogP contribution >= 0.6 is 0 Å². The van der Waals surface area contributed by atoms with Crippen molar-refractivity contribution in [1.82, 2.24) is 10.2 Å². The number of hydrogen-bond donors (Lipinski definition) is 1. The fraction of sp³-hybridized carbons (Fsp3) is 0.429. The molecule has 0 saturated carbocycles. The molecule has 0 unspecified atom stereocenters. The van der Waals surface area contributed by atoms with Gasteiger partial charge in [-0.2, -0.15) is 0 Å². The average Bonchev–Trinajstić information content (AvgIpc) is 2.33. The Balaban J connectivity index is 2.00. The molecule has 0 radical (unpaired) electrons. The number of nitrogens with one attached hydrogen (secondary N) is 1. The highest BCUT2D eigenvalue weighted by atomic mass is 16.2. The Morgan fingerprint density at radius 1 is 1.22 bits per heavy atom. The average molecular weight is 246 g/mol. The maximum absolute atomic E-state index is 12.1. The number of piperazine rings is 1. The van der Waals surface area contributed by atoms with Crippen LogP contribution in [0.2, 0.25) is 0 Å². The smallest absolute Gasteiger partial charge is 0.248 e. The zero-order chi connectivity index (χ0) is 13.2. The standard InChI is InChI=1S/C14H18N2O2/c1-14(2)13(18)16(10-12(17)15-14)9-8-11-6-4-3-5-7-11/h3-7H,8-10H2,1-2H3,(H,15,17). The van der Waals surface area contributed by atoms with Crippen molar-refractivity contribution in [3.63, 3.8) is 0 Å². The number of amides is 2. The highest BCUT2D eigenvalue weighted by Crippen LogP contribution is 2.13. The van der Waals surface area contributed by atoms with Crippen LogP contribution in [0, 0.1) is 0 Å². The van der Waals surface area contributed by atoms with Crippen molar-refractivity contribution >= 4 is 11.8 Å². The van der Waals surface area contributed by atoms with Gasteiger partial charge in [-0.3, -0.25) is 9.59 Å². The molecule has 2 amide bonds. The van der Waals surface area contributed by atoms with E-state index >= 15 is 0 Å². The highest BCUT2D eigenvalue weighted by Gasteiger charge is 2.38. The Morgan fingerprint density at radius 2 is 1.89 bits per heavy atom. The van der Waals surface area contributed by atoms with E-state index in [-0.39, 0.29) is 18.4 Å². The molecule has 96 valence electrons. The second kappa shape index (κ2) is 4.80. The summed E-state index contributed by atoms with van der Waals surface area (Å²) in [5.41, 5.74) is 0.389. The monoisotopic (exact) mass is 246 g/mol. The summed E-state index contributed by atoms with van der Waals surface area (Å²) >= 11 is 0. The first-order valence-corrected chi connectivity index (χ1v) is 6.13. The highest BCUT2D eigenvalue weighted by molar-refractivity contribution is 5.97. The maximum Gasteiger partial charge on any atom is 0.248 e. The van der Waals surface area contributed by atoms with Gasteiger partial charge in [0, 0.05) is 6.54 Å². The van der Waals surface area contributed by atoms with Gasteiger partial charge in [0.05, 0.1) is 6.54 Å². The predicted molar refractivity (Wildman–Crippen MR) is 68.9 cm³/mol. The lowest BCUT2D eigenvalue weighted by Gasteiger charge is -2.37. The van der Waals surface area contributed by atoms with E-state index in [1.165, 1.54) is 5.56 Å². The van der Waals surface area contributed by atoms with Crippen LogP contribution in [0.5, 0.6) is 0 Å². The molecule has 1 aromatic rings. The Labute approximate surface area is 107 Å². The number of carbonyl (C=O) groups excluding carboxylic acids is 2. The minimum atomic E-state index is -0.786. The lowest BCUT2D eigenvalue weighted by atomic mass is 10.00. The first-order valence-electron chi connectivity index (χ1n) is 6.13. The first-order chi connectivity index (χ1) is 8.49. The van der Waals surface area contributed by atoms with Crippen LogP contribution in [-0.2, 0) is 16.0 Å². The molecule has 4 heteroatoms. The van der Waals surface area contributed by atoms with Crippen molar-refractivity contribution in [2.75, 3.05) is 13.1 Å². The Morgan fingerprint density at radius 3 is 2.56 bits per heavy atom. The third-order valence-corrected chi connectivity index (χ3v) is 3.12. The van der Waals surface area contributed by atoms with Crippen LogP contribution in [0.4, 0.5) is 0 Å². The van der Waals surface area contributed by atoms with E-state index in [9.17, 15) is 9.59 Å². The lowest BCUT2D eigenvalue weighted by molar-refractivity contribution is -0.148. The van der Waals surface area contributed by atoms with E-state index in [4.69, 9.17) is 0 Å². The molecule has 1 aliphatic heterocycles. The molecule has 18 heavy (non-hydrogen) atoms. The summed E-state index contributed by atoms with van der Waals surface area (Å²) in [6, 6.07) is 9.97. The number of benzene rings is 1. The van der Waals surface area contributed by atoms with Crippen LogP contribution in [0.25, 0.3) is 0 Å². The van der Waals surface area contributed by atoms with Gasteiger partial charge < -0.3 is 10.2 Å². The van der Waals surface area contributed by atoms with Gasteiger partial charge in [-0.1, -0.05) is 30.3 Å². The molecule has 0 aliphatic carbocycles. The van der Waals surface area contributed by atoms with Gasteiger partial charge in [0.25, 0.3) is 0 Å². The number of nitrogens with zero attached hydrogens (tertiary/aromatic N) is 1. The molecule has 4 nitrogen and oxygen atoms in total. The van der Waals surface area contributed by atoms with Crippen molar-refractivity contribution in [1.29, 1.82) is 0 Å². The molecule has 1 fully saturated rings. The van der Waals surface area contributed by atoms with E-state index in [1.807, 2.05) is 30.3 Å². The number of carbonyl (C=O) groups is 2. The minimum Gasteiger partial charge on any atom is -0.341 e. The van der Waals surface area contributed by atoms with Crippen LogP contribution in [0.3, 0.4) is 0 Å². The molecule has 1 heterocycles. The number of hydrogen-bond acceptors (Lipinski definition) is 2. The second-order valence-electron chi connectivity index (χ2n) is 5.14. The molecule has 0 aromatic heterocycles. The fourth-order valence-corrected chi connectivity index (χ4v) is 2.17. The van der Waals surface area contributed by atoms with Crippen molar-refractivity contribution in [2.24, 2.45) is 0 Å². The van der Waals surface area contributed by atoms with Gasteiger partial charge in [0.15, 0.2) is 0 Å². The largest absolute Gasteiger partial charge is 0.341 e. The van der Waals surface area contributed by atoms with E-state index in [2.05, 4.69) is 5.32 Å². The Hall–Kier alpha value is -1.84. The zero-order valence-corrected chi connectivity index (χ0v) is 10.8. The van der Waals surface area contributed by atoms with E-state index in [0.29, 0.717) is 6.54 Å². The van der Waals surface area contributed by atoms with Crippen LogP contribution in [0.15, 0.2) is 30.3 Å². The summed E-state index contributed by atoms with van der Waals surface area (Å²) in [5, 5.41) is 2.70. The van der Waals surface area contributed by atoms with Gasteiger partial charge in [0.1, 0.15) is 5.54 Å². The minimum absolute atomic E-state index is 0.0157. The first kappa shape index (κ1) is 12.6. The summed E-state index contributed by atoms with van der Waals surface area (Å²) in [4.78, 5) is 25.3. The molecule has 1 N–H and O–H groups in total. The van der Waals surface area contributed by atoms with Crippen molar-refractivity contribution in [3.8, 4) is 0 Å². The summed E-state index contributed by atoms with van der Waals surface area (Å²) in [6.45, 7) is 4.22. The van der Waals surface area contributed by atoms with Gasteiger partial charge in [-0.25, -0.2) is 0 Å². The predicted octanol–water partition coefficient (Wildman–Crippen LogP) is 0.966. The molecule has 1 aliphatic rings. The van der Waals surface area contributed by atoms with Crippen molar-refractivity contribution < 1.29 is 9.59 Å². The van der Waals surface area contributed by atoms with Crippen LogP contribution in [-0.4, -0.2) is 35.3 Å². The topological polar surface area (TPSA) is 49.4 Å². The third-order valence-electron chi connectivity index (χ3n) is 3.12. The maximum atomic E-state index is 12.1. The summed E-state index contributed by atoms with van der Waals surface area (Å²) in [7, 11) is 0. The molecule has 0 spiro atoms. The SMILES string of the molecule is CC1(C)NC(=O)CN(CCc2ccccc2)C1=O. The molecule has 1 saturated heterocycles. The van der Waals surface area contributed by atoms with Crippen LogP contribution in [0.1, 0.15) is 19.4 Å². The quantitative estimate of drug-likeness (QED) is 0.864. The van der Waals surface area contributed by atoms with E-state index in [1.54, 1.807) is 18.7 Å². The molecule has 0 atom stereocenters. The Bertz CT molecular complexity index is 454. The zero-order valence-electron chi connectivity index (χ0n) is 10.8. The second-order valence-corrected chi connectivity index (χ2v) is 5.14. The summed E-state index contributed by atoms with van der Waals surface area (Å²) in [6.07, 6.45) is 0.774. The summed E-state index contributed by atoms with van der Waals surface area (Å²) < 4.78 is 0. The van der Waals surface area contributed by atoms with Gasteiger partial charge in [-0.15, -0.1) is 0 Å².